The van der Waals surface area contributed by atoms with E-state index in [9.17, 15) is 0 Å². The van der Waals surface area contributed by atoms with Crippen molar-refractivity contribution in [2.45, 2.75) is 74.5 Å². The maximum Gasteiger partial charge on any atom is 0.0641 e. The Morgan fingerprint density at radius 1 is 0.742 bits per heavy atom. The molecule has 9 rings (SSSR count). The Kier molecular flexibility index (Phi) is 4.27. The molecule has 31 heavy (non-hydrogen) atoms. The molecule has 1 aromatic rings. The summed E-state index contributed by atoms with van der Waals surface area (Å²) in [6.07, 6.45) is 21.7. The highest BCUT2D eigenvalue weighted by atomic mass is 31.1. The van der Waals surface area contributed by atoms with Gasteiger partial charge in [0.2, 0.25) is 0 Å². The molecule has 0 aliphatic heterocycles. The van der Waals surface area contributed by atoms with Crippen molar-refractivity contribution in [1.82, 2.24) is 4.98 Å². The van der Waals surface area contributed by atoms with E-state index in [1.807, 2.05) is 0 Å². The molecule has 8 fully saturated rings. The summed E-state index contributed by atoms with van der Waals surface area (Å²) in [5.41, 5.74) is 1.52. The molecule has 0 saturated heterocycles. The zero-order valence-electron chi connectivity index (χ0n) is 19.0. The maximum atomic E-state index is 5.16. The fourth-order valence-electron chi connectivity index (χ4n) is 10.8. The Morgan fingerprint density at radius 3 is 1.61 bits per heavy atom. The molecule has 0 spiro atoms. The highest BCUT2D eigenvalue weighted by Gasteiger charge is 2.65. The van der Waals surface area contributed by atoms with Crippen LogP contribution in [0, 0.1) is 47.3 Å². The van der Waals surface area contributed by atoms with Gasteiger partial charge in [0, 0.05) is 6.20 Å². The van der Waals surface area contributed by atoms with Crippen LogP contribution in [0.2, 0.25) is 0 Å². The van der Waals surface area contributed by atoms with Crippen molar-refractivity contribution in [2.75, 3.05) is 0 Å². The second-order valence-corrected chi connectivity index (χ2v) is 15.6. The molecule has 0 amide bonds. The molecule has 0 N–H and O–H groups in total. The summed E-state index contributed by atoms with van der Waals surface area (Å²) < 4.78 is 0. The topological polar surface area (TPSA) is 12.9 Å². The van der Waals surface area contributed by atoms with Gasteiger partial charge in [-0.2, -0.15) is 0 Å². The molecule has 0 radical (unpaired) electrons. The zero-order chi connectivity index (χ0) is 20.8. The van der Waals surface area contributed by atoms with Crippen LogP contribution in [0.15, 0.2) is 49.7 Å². The molecule has 2 heteroatoms. The average molecular weight is 432 g/mol. The van der Waals surface area contributed by atoms with Gasteiger partial charge in [0.05, 0.1) is 5.44 Å². The number of nitrogens with zero attached hydrogens (tertiary/aromatic N) is 1. The van der Waals surface area contributed by atoms with E-state index in [1.54, 1.807) is 0 Å². The van der Waals surface area contributed by atoms with Crippen LogP contribution in [0.1, 0.15) is 64.2 Å². The number of rotatable bonds is 5. The van der Waals surface area contributed by atoms with Gasteiger partial charge in [0.1, 0.15) is 0 Å². The molecule has 1 heterocycles. The Morgan fingerprint density at radius 2 is 1.23 bits per heavy atom. The third-order valence-corrected chi connectivity index (χ3v) is 14.7. The molecular formula is C29H38NP. The van der Waals surface area contributed by atoms with Crippen LogP contribution in [0.4, 0.5) is 0 Å². The largest absolute Gasteiger partial charge is 0.257 e. The molecule has 0 aromatic carbocycles. The summed E-state index contributed by atoms with van der Waals surface area (Å²) >= 11 is 0. The second-order valence-electron chi connectivity index (χ2n) is 12.5. The van der Waals surface area contributed by atoms with Crippen LogP contribution < -0.4 is 5.44 Å². The SMILES string of the molecule is C=CC1C2CC3CC1CC(P(c1ccccn1)C14CC5CC(C1)C(C=C)C(C5)C4)(C3)C2. The second kappa shape index (κ2) is 6.79. The lowest BCUT2D eigenvalue weighted by molar-refractivity contribution is -0.0161. The first-order valence-corrected chi connectivity index (χ1v) is 14.4. The Balaban J connectivity index is 1.35. The standard InChI is InChI=1S/C29H38NP/c1-3-25-21-9-19-10-22(25)16-28(13-19,15-21)31(27-7-5-6-8-30-27)29-14-20-11-23(17-29)26(4-2)24(12-20)18-29/h3-8,19-26H,1-2,9-18H2. The first-order valence-electron chi connectivity index (χ1n) is 13.1. The van der Waals surface area contributed by atoms with Gasteiger partial charge in [-0.3, -0.25) is 4.98 Å². The highest BCUT2D eigenvalue weighted by Crippen LogP contribution is 2.79. The monoisotopic (exact) mass is 431 g/mol. The lowest BCUT2D eigenvalue weighted by Gasteiger charge is -2.69. The molecular weight excluding hydrogens is 393 g/mol. The lowest BCUT2D eigenvalue weighted by atomic mass is 9.51. The smallest absolute Gasteiger partial charge is 0.0641 e. The minimum Gasteiger partial charge on any atom is -0.257 e. The van der Waals surface area contributed by atoms with Gasteiger partial charge < -0.3 is 0 Å². The van der Waals surface area contributed by atoms with Crippen molar-refractivity contribution in [3.05, 3.63) is 49.7 Å². The number of hydrogen-bond acceptors (Lipinski definition) is 1. The molecule has 8 aliphatic carbocycles. The summed E-state index contributed by atoms with van der Waals surface area (Å²) in [4.78, 5) is 5.16. The van der Waals surface area contributed by atoms with E-state index in [-0.39, 0.29) is 7.92 Å². The minimum absolute atomic E-state index is 0.232. The van der Waals surface area contributed by atoms with Gasteiger partial charge in [0.15, 0.2) is 0 Å². The van der Waals surface area contributed by atoms with Gasteiger partial charge in [-0.05, 0) is 142 Å². The van der Waals surface area contributed by atoms with E-state index < -0.39 is 0 Å². The van der Waals surface area contributed by atoms with Crippen molar-refractivity contribution in [3.8, 4) is 0 Å². The van der Waals surface area contributed by atoms with Crippen LogP contribution in [-0.2, 0) is 0 Å². The molecule has 8 bridgehead atoms. The van der Waals surface area contributed by atoms with Gasteiger partial charge in [-0.15, -0.1) is 13.2 Å². The Bertz CT molecular complexity index is 805. The van der Waals surface area contributed by atoms with Crippen molar-refractivity contribution in [1.29, 1.82) is 0 Å². The van der Waals surface area contributed by atoms with Gasteiger partial charge in [-0.1, -0.05) is 18.2 Å². The predicted octanol–water partition coefficient (Wildman–Crippen LogP) is 6.95. The van der Waals surface area contributed by atoms with Crippen LogP contribution >= 0.6 is 7.92 Å². The molecule has 8 saturated carbocycles. The summed E-state index contributed by atoms with van der Waals surface area (Å²) in [6, 6.07) is 6.87. The van der Waals surface area contributed by atoms with E-state index in [4.69, 9.17) is 4.98 Å². The van der Waals surface area contributed by atoms with Crippen LogP contribution in [0.25, 0.3) is 0 Å². The number of allylic oxidation sites excluding steroid dienone is 2. The summed E-state index contributed by atoms with van der Waals surface area (Å²) in [5.74, 6) is 7.20. The molecule has 4 unspecified atom stereocenters. The van der Waals surface area contributed by atoms with E-state index >= 15 is 0 Å². The first kappa shape index (κ1) is 19.5. The molecule has 4 atom stereocenters. The van der Waals surface area contributed by atoms with Gasteiger partial charge in [-0.25, -0.2) is 0 Å². The number of hydrogen-bond donors (Lipinski definition) is 0. The minimum atomic E-state index is -0.232. The zero-order valence-corrected chi connectivity index (χ0v) is 19.9. The maximum absolute atomic E-state index is 5.16. The quantitative estimate of drug-likeness (QED) is 0.363. The van der Waals surface area contributed by atoms with Crippen LogP contribution in [-0.4, -0.2) is 15.3 Å². The predicted molar refractivity (Wildman–Crippen MR) is 131 cm³/mol. The van der Waals surface area contributed by atoms with Crippen LogP contribution in [0.5, 0.6) is 0 Å². The molecule has 1 nitrogen and oxygen atoms in total. The fourth-order valence-corrected chi connectivity index (χ4v) is 15.8. The van der Waals surface area contributed by atoms with E-state index in [0.717, 1.165) is 47.3 Å². The summed E-state index contributed by atoms with van der Waals surface area (Å²) in [6.45, 7) is 8.58. The molecule has 164 valence electrons. The average Bonchev–Trinajstić information content (AvgIpc) is 2.73. The number of pyridine rings is 1. The van der Waals surface area contributed by atoms with E-state index in [1.165, 1.54) is 69.6 Å². The summed E-state index contributed by atoms with van der Waals surface area (Å²) in [7, 11) is -0.232. The van der Waals surface area contributed by atoms with Gasteiger partial charge in [0.25, 0.3) is 0 Å². The molecule has 1 aromatic heterocycles. The Hall–Kier alpha value is -0.940. The van der Waals surface area contributed by atoms with E-state index in [0.29, 0.717) is 10.3 Å². The third-order valence-electron chi connectivity index (χ3n) is 11.0. The van der Waals surface area contributed by atoms with Crippen molar-refractivity contribution >= 4 is 13.4 Å². The highest BCUT2D eigenvalue weighted by molar-refractivity contribution is 7.68. The Labute approximate surface area is 189 Å². The summed E-state index contributed by atoms with van der Waals surface area (Å²) in [5, 5.41) is 1.13. The van der Waals surface area contributed by atoms with Crippen molar-refractivity contribution < 1.29 is 0 Å². The number of aromatic nitrogens is 1. The van der Waals surface area contributed by atoms with Crippen molar-refractivity contribution in [2.24, 2.45) is 47.3 Å². The fraction of sp³-hybridized carbons (Fsp3) is 0.690. The molecule has 8 aliphatic rings. The lowest BCUT2D eigenvalue weighted by Crippen LogP contribution is -2.61. The normalized spacial score (nSPS) is 52.3. The first-order chi connectivity index (χ1) is 15.1. The third kappa shape index (κ3) is 2.68. The van der Waals surface area contributed by atoms with Crippen molar-refractivity contribution in [3.63, 3.8) is 0 Å². The van der Waals surface area contributed by atoms with Crippen LogP contribution in [0.3, 0.4) is 0 Å². The van der Waals surface area contributed by atoms with Gasteiger partial charge >= 0.3 is 0 Å². The van der Waals surface area contributed by atoms with E-state index in [2.05, 4.69) is 49.7 Å².